The highest BCUT2D eigenvalue weighted by atomic mass is 16.5. The fraction of sp³-hybridized carbons (Fsp3) is 0.579. The SMILES string of the molecule is CN1CCc2cc(C[C@@H](C#N)N3CCCO[C@H](C(N)=O)C3)ccc2C1. The lowest BCUT2D eigenvalue weighted by molar-refractivity contribution is -0.129. The molecule has 2 N–H and O–H groups in total. The zero-order valence-corrected chi connectivity index (χ0v) is 14.8. The second kappa shape index (κ2) is 7.96. The first-order valence-electron chi connectivity index (χ1n) is 8.90. The quantitative estimate of drug-likeness (QED) is 0.870. The third kappa shape index (κ3) is 4.37. The predicted octanol–water partition coefficient (Wildman–Crippen LogP) is 0.685. The molecule has 1 aromatic carbocycles. The summed E-state index contributed by atoms with van der Waals surface area (Å²) in [6.45, 7) is 3.71. The lowest BCUT2D eigenvalue weighted by Crippen LogP contribution is -2.44. The number of carbonyl (C=O) groups is 1. The number of carbonyl (C=O) groups excluding carboxylic acids is 1. The van der Waals surface area contributed by atoms with Crippen molar-refractivity contribution < 1.29 is 9.53 Å². The molecule has 2 aliphatic heterocycles. The van der Waals surface area contributed by atoms with E-state index in [1.54, 1.807) is 0 Å². The highest BCUT2D eigenvalue weighted by molar-refractivity contribution is 5.79. The van der Waals surface area contributed by atoms with Crippen molar-refractivity contribution in [1.82, 2.24) is 9.80 Å². The van der Waals surface area contributed by atoms with Crippen LogP contribution in [0, 0.1) is 11.3 Å². The van der Waals surface area contributed by atoms with Crippen LogP contribution in [0.15, 0.2) is 18.2 Å². The van der Waals surface area contributed by atoms with E-state index in [0.717, 1.165) is 32.5 Å². The zero-order valence-electron chi connectivity index (χ0n) is 14.8. The molecule has 1 saturated heterocycles. The molecule has 0 saturated carbocycles. The molecule has 2 heterocycles. The Labute approximate surface area is 149 Å². The molecule has 0 radical (unpaired) electrons. The van der Waals surface area contributed by atoms with Gasteiger partial charge < -0.3 is 15.4 Å². The van der Waals surface area contributed by atoms with E-state index in [-0.39, 0.29) is 6.04 Å². The second-order valence-corrected chi connectivity index (χ2v) is 7.05. The number of nitrogens with zero attached hydrogens (tertiary/aromatic N) is 3. The van der Waals surface area contributed by atoms with Gasteiger partial charge in [0.15, 0.2) is 0 Å². The van der Waals surface area contributed by atoms with Crippen LogP contribution in [0.1, 0.15) is 23.1 Å². The van der Waals surface area contributed by atoms with Crippen LogP contribution < -0.4 is 5.73 Å². The molecule has 0 spiro atoms. The van der Waals surface area contributed by atoms with Crippen molar-refractivity contribution in [1.29, 1.82) is 5.26 Å². The fourth-order valence-corrected chi connectivity index (χ4v) is 3.66. The molecule has 1 amide bonds. The number of hydrogen-bond acceptors (Lipinski definition) is 5. The first-order chi connectivity index (χ1) is 12.1. The van der Waals surface area contributed by atoms with E-state index in [0.29, 0.717) is 19.6 Å². The van der Waals surface area contributed by atoms with Gasteiger partial charge in [-0.15, -0.1) is 0 Å². The van der Waals surface area contributed by atoms with E-state index >= 15 is 0 Å². The number of rotatable bonds is 4. The molecule has 0 unspecified atom stereocenters. The molecule has 134 valence electrons. The number of likely N-dealkylation sites (N-methyl/N-ethyl adjacent to an activating group) is 1. The third-order valence-corrected chi connectivity index (χ3v) is 5.12. The molecule has 2 atom stereocenters. The Morgan fingerprint density at radius 2 is 2.28 bits per heavy atom. The van der Waals surface area contributed by atoms with Crippen LogP contribution in [0.3, 0.4) is 0 Å². The van der Waals surface area contributed by atoms with Crippen LogP contribution in [-0.2, 0) is 28.9 Å². The molecule has 3 rings (SSSR count). The van der Waals surface area contributed by atoms with Gasteiger partial charge in [0.05, 0.1) is 6.07 Å². The number of fused-ring (bicyclic) bond motifs is 1. The summed E-state index contributed by atoms with van der Waals surface area (Å²) in [7, 11) is 2.14. The minimum absolute atomic E-state index is 0.270. The summed E-state index contributed by atoms with van der Waals surface area (Å²) < 4.78 is 5.49. The maximum absolute atomic E-state index is 11.5. The maximum Gasteiger partial charge on any atom is 0.247 e. The minimum atomic E-state index is -0.627. The summed E-state index contributed by atoms with van der Waals surface area (Å²) in [4.78, 5) is 15.9. The molecule has 1 fully saturated rings. The van der Waals surface area contributed by atoms with Crippen molar-refractivity contribution in [2.75, 3.05) is 33.3 Å². The average molecular weight is 342 g/mol. The maximum atomic E-state index is 11.5. The molecule has 6 heteroatoms. The first kappa shape index (κ1) is 17.9. The van der Waals surface area contributed by atoms with Gasteiger partial charge in [0.25, 0.3) is 0 Å². The van der Waals surface area contributed by atoms with Crippen molar-refractivity contribution in [2.45, 2.75) is 38.0 Å². The highest BCUT2D eigenvalue weighted by Gasteiger charge is 2.28. The topological polar surface area (TPSA) is 82.6 Å². The third-order valence-electron chi connectivity index (χ3n) is 5.12. The van der Waals surface area contributed by atoms with Gasteiger partial charge in [0.2, 0.25) is 5.91 Å². The van der Waals surface area contributed by atoms with Crippen LogP contribution >= 0.6 is 0 Å². The van der Waals surface area contributed by atoms with Crippen molar-refractivity contribution in [2.24, 2.45) is 5.73 Å². The summed E-state index contributed by atoms with van der Waals surface area (Å²) in [6.07, 6.45) is 1.89. The van der Waals surface area contributed by atoms with Gasteiger partial charge in [-0.1, -0.05) is 18.2 Å². The van der Waals surface area contributed by atoms with E-state index < -0.39 is 12.0 Å². The molecule has 6 nitrogen and oxygen atoms in total. The fourth-order valence-electron chi connectivity index (χ4n) is 3.66. The molecular formula is C19H26N4O2. The smallest absolute Gasteiger partial charge is 0.247 e. The largest absolute Gasteiger partial charge is 0.367 e. The predicted molar refractivity (Wildman–Crippen MR) is 94.7 cm³/mol. The Hall–Kier alpha value is -1.94. The van der Waals surface area contributed by atoms with Gasteiger partial charge >= 0.3 is 0 Å². The molecule has 0 bridgehead atoms. The molecule has 0 aromatic heterocycles. The first-order valence-corrected chi connectivity index (χ1v) is 8.90. The molecule has 0 aliphatic carbocycles. The monoisotopic (exact) mass is 342 g/mol. The second-order valence-electron chi connectivity index (χ2n) is 7.05. The van der Waals surface area contributed by atoms with Crippen molar-refractivity contribution in [3.05, 3.63) is 34.9 Å². The highest BCUT2D eigenvalue weighted by Crippen LogP contribution is 2.21. The van der Waals surface area contributed by atoms with Crippen LogP contribution in [0.5, 0.6) is 0 Å². The average Bonchev–Trinajstić information content (AvgIpc) is 2.86. The van der Waals surface area contributed by atoms with E-state index in [9.17, 15) is 10.1 Å². The number of hydrogen-bond donors (Lipinski definition) is 1. The summed E-state index contributed by atoms with van der Waals surface area (Å²) in [5, 5.41) is 9.67. The zero-order chi connectivity index (χ0) is 17.8. The molecule has 1 aromatic rings. The lowest BCUT2D eigenvalue weighted by atomic mass is 9.95. The van der Waals surface area contributed by atoms with Crippen molar-refractivity contribution >= 4 is 5.91 Å². The number of benzene rings is 1. The van der Waals surface area contributed by atoms with Crippen molar-refractivity contribution in [3.63, 3.8) is 0 Å². The molecular weight excluding hydrogens is 316 g/mol. The van der Waals surface area contributed by atoms with E-state index in [4.69, 9.17) is 10.5 Å². The van der Waals surface area contributed by atoms with Gasteiger partial charge in [-0.2, -0.15) is 5.26 Å². The Balaban J connectivity index is 1.71. The van der Waals surface area contributed by atoms with E-state index in [1.807, 2.05) is 4.90 Å². The summed E-state index contributed by atoms with van der Waals surface area (Å²) in [5.74, 6) is -0.457. The van der Waals surface area contributed by atoms with Crippen LogP contribution in [0.4, 0.5) is 0 Å². The number of amides is 1. The number of nitriles is 1. The number of ether oxygens (including phenoxy) is 1. The van der Waals surface area contributed by atoms with Crippen LogP contribution in [0.25, 0.3) is 0 Å². The van der Waals surface area contributed by atoms with E-state index in [2.05, 4.69) is 36.2 Å². The standard InChI is InChI=1S/C19H26N4O2/c1-22-7-5-15-9-14(3-4-16(15)12-22)10-17(11-20)23-6-2-8-25-18(13-23)19(21)24/h3-4,9,17-18H,2,5-8,10,12-13H2,1H3,(H2,21,24)/t17-,18-/m0/s1. The van der Waals surface area contributed by atoms with Gasteiger partial charge in [-0.3, -0.25) is 9.69 Å². The van der Waals surface area contributed by atoms with Gasteiger partial charge in [0, 0.05) is 39.2 Å². The van der Waals surface area contributed by atoms with Gasteiger partial charge in [-0.05, 0) is 36.6 Å². The lowest BCUT2D eigenvalue weighted by Gasteiger charge is -2.28. The number of primary amides is 1. The molecule has 2 aliphatic rings. The Morgan fingerprint density at radius 3 is 3.04 bits per heavy atom. The number of nitrogens with two attached hydrogens (primary N) is 1. The van der Waals surface area contributed by atoms with Crippen LogP contribution in [-0.4, -0.2) is 61.1 Å². The summed E-state index contributed by atoms with van der Waals surface area (Å²) >= 11 is 0. The minimum Gasteiger partial charge on any atom is -0.367 e. The van der Waals surface area contributed by atoms with Crippen LogP contribution in [0.2, 0.25) is 0 Å². The summed E-state index contributed by atoms with van der Waals surface area (Å²) in [5.41, 5.74) is 9.35. The summed E-state index contributed by atoms with van der Waals surface area (Å²) in [6, 6.07) is 8.69. The Kier molecular flexibility index (Phi) is 5.69. The van der Waals surface area contributed by atoms with Gasteiger partial charge in [0.1, 0.15) is 12.1 Å². The van der Waals surface area contributed by atoms with E-state index in [1.165, 1.54) is 16.7 Å². The Morgan fingerprint density at radius 1 is 1.44 bits per heavy atom. The van der Waals surface area contributed by atoms with Crippen molar-refractivity contribution in [3.8, 4) is 6.07 Å². The molecule has 25 heavy (non-hydrogen) atoms. The van der Waals surface area contributed by atoms with Gasteiger partial charge in [-0.25, -0.2) is 0 Å². The normalized spacial score (nSPS) is 23.3. The Bertz CT molecular complexity index is 670.